The van der Waals surface area contributed by atoms with Gasteiger partial charge in [-0.15, -0.1) is 0 Å². The summed E-state index contributed by atoms with van der Waals surface area (Å²) in [7, 11) is 1.63. The van der Waals surface area contributed by atoms with Crippen LogP contribution >= 0.6 is 15.9 Å². The van der Waals surface area contributed by atoms with Crippen LogP contribution in [-0.4, -0.2) is 17.1 Å². The summed E-state index contributed by atoms with van der Waals surface area (Å²) in [5.74, 6) is 1.21. The van der Waals surface area contributed by atoms with Crippen LogP contribution in [0.1, 0.15) is 17.1 Å². The van der Waals surface area contributed by atoms with Gasteiger partial charge in [-0.05, 0) is 27.9 Å². The van der Waals surface area contributed by atoms with Crippen molar-refractivity contribution in [2.24, 2.45) is 0 Å². The first-order valence-electron chi connectivity index (χ1n) is 6.04. The van der Waals surface area contributed by atoms with E-state index in [9.17, 15) is 0 Å². The minimum absolute atomic E-state index is 0.422. The smallest absolute Gasteiger partial charge is 0.141 e. The van der Waals surface area contributed by atoms with E-state index in [4.69, 9.17) is 10.5 Å². The first-order chi connectivity index (χ1) is 9.20. The van der Waals surface area contributed by atoms with E-state index in [0.717, 1.165) is 28.8 Å². The number of nitrogen functional groups attached to an aromatic ring is 1. The molecule has 0 aliphatic carbocycles. The van der Waals surface area contributed by atoms with Crippen LogP contribution in [0.5, 0.6) is 0 Å². The van der Waals surface area contributed by atoms with Gasteiger partial charge in [-0.3, -0.25) is 0 Å². The summed E-state index contributed by atoms with van der Waals surface area (Å²) in [6.07, 6.45) is 1.66. The summed E-state index contributed by atoms with van der Waals surface area (Å²) in [4.78, 5) is 8.77. The van der Waals surface area contributed by atoms with Crippen molar-refractivity contribution in [3.63, 3.8) is 0 Å². The van der Waals surface area contributed by atoms with Crippen LogP contribution in [0.3, 0.4) is 0 Å². The van der Waals surface area contributed by atoms with Gasteiger partial charge < -0.3 is 10.5 Å². The molecule has 0 aliphatic rings. The van der Waals surface area contributed by atoms with E-state index in [1.54, 1.807) is 7.11 Å². The predicted octanol–water partition coefficient (Wildman–Crippen LogP) is 2.75. The summed E-state index contributed by atoms with van der Waals surface area (Å²) in [6.45, 7) is 0.422. The average Bonchev–Trinajstić information content (AvgIpc) is 2.43. The minimum atomic E-state index is 0.422. The number of nitrogens with two attached hydrogens (primary N) is 1. The van der Waals surface area contributed by atoms with E-state index < -0.39 is 0 Å². The largest absolute Gasteiger partial charge is 0.383 e. The van der Waals surface area contributed by atoms with Crippen molar-refractivity contribution >= 4 is 21.7 Å². The molecular formula is C14H16BrN3O. The highest BCUT2D eigenvalue weighted by atomic mass is 79.9. The van der Waals surface area contributed by atoms with E-state index in [0.29, 0.717) is 12.4 Å². The maximum atomic E-state index is 5.87. The Balaban J connectivity index is 2.12. The maximum Gasteiger partial charge on any atom is 0.141 e. The zero-order valence-corrected chi connectivity index (χ0v) is 12.4. The molecule has 1 heterocycles. The lowest BCUT2D eigenvalue weighted by Crippen LogP contribution is -2.07. The SMILES string of the molecule is COCc1nc(CCc2ccccc2)nc(N)c1Br. The van der Waals surface area contributed by atoms with E-state index >= 15 is 0 Å². The first-order valence-corrected chi connectivity index (χ1v) is 6.83. The van der Waals surface area contributed by atoms with Gasteiger partial charge in [0.05, 0.1) is 16.8 Å². The van der Waals surface area contributed by atoms with Gasteiger partial charge in [0, 0.05) is 13.5 Å². The van der Waals surface area contributed by atoms with Gasteiger partial charge in [0.15, 0.2) is 0 Å². The van der Waals surface area contributed by atoms with E-state index in [2.05, 4.69) is 38.0 Å². The van der Waals surface area contributed by atoms with Crippen molar-refractivity contribution in [1.82, 2.24) is 9.97 Å². The molecule has 19 heavy (non-hydrogen) atoms. The number of halogens is 1. The summed E-state index contributed by atoms with van der Waals surface area (Å²) < 4.78 is 5.83. The second-order valence-electron chi connectivity index (χ2n) is 4.20. The molecular weight excluding hydrogens is 306 g/mol. The van der Waals surface area contributed by atoms with Gasteiger partial charge in [0.1, 0.15) is 11.6 Å². The Morgan fingerprint density at radius 3 is 2.58 bits per heavy atom. The molecule has 0 saturated heterocycles. The summed E-state index contributed by atoms with van der Waals surface area (Å²) >= 11 is 3.38. The van der Waals surface area contributed by atoms with Crippen LogP contribution in [-0.2, 0) is 24.2 Å². The lowest BCUT2D eigenvalue weighted by atomic mass is 10.1. The summed E-state index contributed by atoms with van der Waals surface area (Å²) in [5.41, 5.74) is 7.92. The van der Waals surface area contributed by atoms with Gasteiger partial charge in [-0.1, -0.05) is 30.3 Å². The highest BCUT2D eigenvalue weighted by molar-refractivity contribution is 9.10. The van der Waals surface area contributed by atoms with Crippen LogP contribution < -0.4 is 5.73 Å². The number of ether oxygens (including phenoxy) is 1. The molecule has 5 heteroatoms. The molecule has 0 radical (unpaired) electrons. The summed E-state index contributed by atoms with van der Waals surface area (Å²) in [5, 5.41) is 0. The molecule has 100 valence electrons. The van der Waals surface area contributed by atoms with Gasteiger partial charge in [0.25, 0.3) is 0 Å². The predicted molar refractivity (Wildman–Crippen MR) is 78.7 cm³/mol. The molecule has 2 aromatic rings. The van der Waals surface area contributed by atoms with Crippen LogP contribution in [0.4, 0.5) is 5.82 Å². The molecule has 0 atom stereocenters. The second kappa shape index (κ2) is 6.63. The number of benzene rings is 1. The number of rotatable bonds is 5. The molecule has 0 amide bonds. The Morgan fingerprint density at radius 2 is 1.89 bits per heavy atom. The van der Waals surface area contributed by atoms with Crippen LogP contribution in [0, 0.1) is 0 Å². The molecule has 0 fully saturated rings. The van der Waals surface area contributed by atoms with Gasteiger partial charge in [-0.25, -0.2) is 9.97 Å². The van der Waals surface area contributed by atoms with E-state index in [-0.39, 0.29) is 0 Å². The Labute approximate surface area is 121 Å². The molecule has 1 aromatic heterocycles. The third kappa shape index (κ3) is 3.75. The molecule has 0 aliphatic heterocycles. The van der Waals surface area contributed by atoms with Crippen molar-refractivity contribution in [3.05, 3.63) is 51.9 Å². The standard InChI is InChI=1S/C14H16BrN3O/c1-19-9-11-13(15)14(16)18-12(17-11)8-7-10-5-3-2-4-6-10/h2-6H,7-9H2,1H3,(H2,16,17,18). The number of nitrogens with zero attached hydrogens (tertiary/aromatic N) is 2. The Bertz CT molecular complexity index is 546. The fourth-order valence-corrected chi connectivity index (χ4v) is 2.10. The maximum absolute atomic E-state index is 5.87. The quantitative estimate of drug-likeness (QED) is 0.919. The molecule has 2 N–H and O–H groups in total. The Kier molecular flexibility index (Phi) is 4.87. The summed E-state index contributed by atoms with van der Waals surface area (Å²) in [6, 6.07) is 10.3. The van der Waals surface area contributed by atoms with Crippen LogP contribution in [0.15, 0.2) is 34.8 Å². The molecule has 0 spiro atoms. The molecule has 2 rings (SSSR count). The fraction of sp³-hybridized carbons (Fsp3) is 0.286. The molecule has 0 unspecified atom stereocenters. The normalized spacial score (nSPS) is 10.6. The topological polar surface area (TPSA) is 61.0 Å². The number of hydrogen-bond acceptors (Lipinski definition) is 4. The zero-order valence-electron chi connectivity index (χ0n) is 10.8. The lowest BCUT2D eigenvalue weighted by Gasteiger charge is -2.08. The zero-order chi connectivity index (χ0) is 13.7. The second-order valence-corrected chi connectivity index (χ2v) is 5.00. The molecule has 0 bridgehead atoms. The number of hydrogen-bond donors (Lipinski definition) is 1. The number of methoxy groups -OCH3 is 1. The lowest BCUT2D eigenvalue weighted by molar-refractivity contribution is 0.180. The monoisotopic (exact) mass is 321 g/mol. The number of aryl methyl sites for hydroxylation is 2. The number of aromatic nitrogens is 2. The molecule has 4 nitrogen and oxygen atoms in total. The highest BCUT2D eigenvalue weighted by Gasteiger charge is 2.10. The molecule has 0 saturated carbocycles. The van der Waals surface area contributed by atoms with E-state index in [1.807, 2.05) is 18.2 Å². The van der Waals surface area contributed by atoms with Gasteiger partial charge in [-0.2, -0.15) is 0 Å². The van der Waals surface area contributed by atoms with E-state index in [1.165, 1.54) is 5.56 Å². The van der Waals surface area contributed by atoms with Crippen molar-refractivity contribution in [2.45, 2.75) is 19.4 Å². The average molecular weight is 322 g/mol. The third-order valence-electron chi connectivity index (χ3n) is 2.75. The van der Waals surface area contributed by atoms with Crippen molar-refractivity contribution in [3.8, 4) is 0 Å². The fourth-order valence-electron chi connectivity index (χ4n) is 1.81. The van der Waals surface area contributed by atoms with Gasteiger partial charge >= 0.3 is 0 Å². The van der Waals surface area contributed by atoms with Crippen LogP contribution in [0.2, 0.25) is 0 Å². The number of anilines is 1. The van der Waals surface area contributed by atoms with Crippen molar-refractivity contribution in [1.29, 1.82) is 0 Å². The van der Waals surface area contributed by atoms with Crippen LogP contribution in [0.25, 0.3) is 0 Å². The molecule has 1 aromatic carbocycles. The Morgan fingerprint density at radius 1 is 1.16 bits per heavy atom. The third-order valence-corrected chi connectivity index (χ3v) is 3.62. The highest BCUT2D eigenvalue weighted by Crippen LogP contribution is 2.22. The minimum Gasteiger partial charge on any atom is -0.383 e. The van der Waals surface area contributed by atoms with Crippen molar-refractivity contribution < 1.29 is 4.74 Å². The first kappa shape index (κ1) is 14.0. The Hall–Kier alpha value is -1.46. The van der Waals surface area contributed by atoms with Crippen molar-refractivity contribution in [2.75, 3.05) is 12.8 Å². The van der Waals surface area contributed by atoms with Gasteiger partial charge in [0.2, 0.25) is 0 Å².